The number of hydrogen-bond acceptors (Lipinski definition) is 1. The third-order valence-corrected chi connectivity index (χ3v) is 3.76. The zero-order valence-corrected chi connectivity index (χ0v) is 11.0. The molecule has 0 saturated carbocycles. The highest BCUT2D eigenvalue weighted by Gasteiger charge is 2.32. The number of fused-ring (bicyclic) bond motifs is 1. The molecule has 4 rings (SSSR count). The number of para-hydroxylation sites is 1. The summed E-state index contributed by atoms with van der Waals surface area (Å²) in [7, 11) is 0. The largest absolute Gasteiger partial charge is 0.450 e. The van der Waals surface area contributed by atoms with E-state index in [0.717, 1.165) is 11.5 Å². The van der Waals surface area contributed by atoms with Gasteiger partial charge in [-0.15, -0.1) is 0 Å². The van der Waals surface area contributed by atoms with Gasteiger partial charge in [-0.3, -0.25) is 0 Å². The maximum atomic E-state index is 5.59. The van der Waals surface area contributed by atoms with E-state index in [0.29, 0.717) is 0 Å². The van der Waals surface area contributed by atoms with E-state index in [9.17, 15) is 0 Å². The van der Waals surface area contributed by atoms with E-state index in [4.69, 9.17) is 4.74 Å². The third-order valence-electron chi connectivity index (χ3n) is 3.76. The molecule has 0 aliphatic carbocycles. The molecule has 20 heavy (non-hydrogen) atoms. The molecule has 0 bridgehead atoms. The minimum Gasteiger partial charge on any atom is -0.450 e. The van der Waals surface area contributed by atoms with Crippen molar-refractivity contribution in [2.45, 2.75) is 0 Å². The monoisotopic (exact) mass is 256 g/mol. The molecule has 0 unspecified atom stereocenters. The molecule has 94 valence electrons. The first kappa shape index (κ1) is 11.4. The summed E-state index contributed by atoms with van der Waals surface area (Å²) in [6, 6.07) is 27.4. The number of ether oxygens (including phenoxy) is 1. The summed E-state index contributed by atoms with van der Waals surface area (Å²) in [5.74, 6) is 2.06. The van der Waals surface area contributed by atoms with Crippen LogP contribution in [0.4, 0.5) is 0 Å². The quantitative estimate of drug-likeness (QED) is 0.405. The lowest BCUT2D eigenvalue weighted by Crippen LogP contribution is -2.51. The van der Waals surface area contributed by atoms with E-state index in [-0.39, 0.29) is 6.71 Å². The summed E-state index contributed by atoms with van der Waals surface area (Å²) in [4.78, 5) is 0. The Morgan fingerprint density at radius 2 is 1.20 bits per heavy atom. The summed E-state index contributed by atoms with van der Waals surface area (Å²) in [5.41, 5.74) is 3.84. The van der Waals surface area contributed by atoms with Gasteiger partial charge in [-0.2, -0.15) is 0 Å². The van der Waals surface area contributed by atoms with Crippen LogP contribution in [0, 0.1) is 0 Å². The predicted octanol–water partition coefficient (Wildman–Crippen LogP) is 2.31. The molecular formula is C18H13BO. The normalized spacial score (nSPS) is 11.4. The van der Waals surface area contributed by atoms with Gasteiger partial charge in [0.05, 0.1) is 0 Å². The highest BCUT2D eigenvalue weighted by molar-refractivity contribution is 6.96. The highest BCUT2D eigenvalue weighted by atomic mass is 16.6. The Labute approximate surface area is 118 Å². The van der Waals surface area contributed by atoms with Gasteiger partial charge in [0.25, 0.3) is 0 Å². The van der Waals surface area contributed by atoms with Crippen molar-refractivity contribution in [3.8, 4) is 11.5 Å². The van der Waals surface area contributed by atoms with Crippen LogP contribution in [-0.4, -0.2) is 6.71 Å². The van der Waals surface area contributed by atoms with Gasteiger partial charge < -0.3 is 4.74 Å². The van der Waals surface area contributed by atoms with E-state index in [1.54, 1.807) is 0 Å². The third kappa shape index (κ3) is 1.90. The molecule has 1 aliphatic heterocycles. The number of rotatable bonds is 3. The lowest BCUT2D eigenvalue weighted by atomic mass is 9.37. The van der Waals surface area contributed by atoms with Crippen LogP contribution in [0.1, 0.15) is 0 Å². The van der Waals surface area contributed by atoms with Crippen LogP contribution in [0.5, 0.6) is 11.5 Å². The Hall–Kier alpha value is -2.48. The van der Waals surface area contributed by atoms with Gasteiger partial charge in [0.1, 0.15) is 0 Å². The maximum absolute atomic E-state index is 5.59. The summed E-state index contributed by atoms with van der Waals surface area (Å²) < 4.78 is 5.59. The Bertz CT molecular complexity index is 698. The zero-order chi connectivity index (χ0) is 13.4. The van der Waals surface area contributed by atoms with Crippen molar-refractivity contribution in [1.82, 2.24) is 0 Å². The van der Waals surface area contributed by atoms with Crippen molar-refractivity contribution < 1.29 is 4.74 Å². The first-order valence-corrected chi connectivity index (χ1v) is 6.84. The molecule has 0 amide bonds. The highest BCUT2D eigenvalue weighted by Crippen LogP contribution is 2.42. The minimum absolute atomic E-state index is 0.231. The van der Waals surface area contributed by atoms with Crippen LogP contribution in [-0.2, 0) is 0 Å². The topological polar surface area (TPSA) is 12.5 Å². The second-order valence-electron chi connectivity index (χ2n) is 5.03. The van der Waals surface area contributed by atoms with Gasteiger partial charge in [0.2, 0.25) is 6.71 Å². The second-order valence-corrected chi connectivity index (χ2v) is 5.03. The second kappa shape index (κ2) is 4.57. The van der Waals surface area contributed by atoms with Crippen LogP contribution < -0.4 is 21.1 Å². The van der Waals surface area contributed by atoms with E-state index in [1.807, 2.05) is 6.07 Å². The van der Waals surface area contributed by atoms with Gasteiger partial charge >= 0.3 is 0 Å². The van der Waals surface area contributed by atoms with Gasteiger partial charge in [-0.05, 0) is 11.5 Å². The van der Waals surface area contributed by atoms with Crippen molar-refractivity contribution in [3.63, 3.8) is 0 Å². The van der Waals surface area contributed by atoms with Crippen LogP contribution >= 0.6 is 0 Å². The molecule has 0 aromatic heterocycles. The predicted molar refractivity (Wildman–Crippen MR) is 84.1 cm³/mol. The fourth-order valence-electron chi connectivity index (χ4n) is 2.78. The molecule has 1 nitrogen and oxygen atoms in total. The van der Waals surface area contributed by atoms with Crippen molar-refractivity contribution >= 4 is 23.1 Å². The molecule has 1 heterocycles. The molecule has 1 aliphatic rings. The molecular weight excluding hydrogens is 243 g/mol. The summed E-state index contributed by atoms with van der Waals surface area (Å²) in [5, 5.41) is 0. The van der Waals surface area contributed by atoms with Crippen LogP contribution in [0.25, 0.3) is 0 Å². The van der Waals surface area contributed by atoms with E-state index < -0.39 is 0 Å². The van der Waals surface area contributed by atoms with Gasteiger partial charge in [-0.25, -0.2) is 0 Å². The first-order chi connectivity index (χ1) is 9.93. The van der Waals surface area contributed by atoms with Crippen LogP contribution in [0.2, 0.25) is 0 Å². The average molecular weight is 256 g/mol. The molecule has 0 atom stereocenters. The Morgan fingerprint density at radius 3 is 1.80 bits per heavy atom. The van der Waals surface area contributed by atoms with Crippen LogP contribution in [0.15, 0.2) is 78.9 Å². The van der Waals surface area contributed by atoms with Crippen molar-refractivity contribution in [2.75, 3.05) is 0 Å². The fraction of sp³-hybridized carbons (Fsp3) is 0. The van der Waals surface area contributed by atoms with Crippen molar-refractivity contribution in [3.05, 3.63) is 78.9 Å². The van der Waals surface area contributed by atoms with Gasteiger partial charge in [0.15, 0.2) is 11.5 Å². The lowest BCUT2D eigenvalue weighted by molar-refractivity contribution is 0.652. The fourth-order valence-corrected chi connectivity index (χ4v) is 2.78. The first-order valence-electron chi connectivity index (χ1n) is 6.84. The standard InChI is InChI=1S/C18H13BO/c1-3-8-14(9-4-1)19(15-10-5-2-6-11-15)16-12-7-13-17-18(16)20-17/h1-13H. The van der Waals surface area contributed by atoms with Crippen LogP contribution in [0.3, 0.4) is 0 Å². The Balaban J connectivity index is 1.89. The van der Waals surface area contributed by atoms with Gasteiger partial charge in [-0.1, -0.05) is 83.7 Å². The van der Waals surface area contributed by atoms with Crippen molar-refractivity contribution in [1.29, 1.82) is 0 Å². The molecule has 0 spiro atoms. The molecule has 3 aromatic rings. The molecule has 2 heteroatoms. The number of hydrogen-bond donors (Lipinski definition) is 0. The molecule has 3 aromatic carbocycles. The minimum atomic E-state index is 0.231. The Morgan fingerprint density at radius 1 is 0.600 bits per heavy atom. The van der Waals surface area contributed by atoms with Crippen molar-refractivity contribution in [2.24, 2.45) is 0 Å². The van der Waals surface area contributed by atoms with Gasteiger partial charge in [0, 0.05) is 0 Å². The summed E-state index contributed by atoms with van der Waals surface area (Å²) >= 11 is 0. The Kier molecular flexibility index (Phi) is 2.60. The smallest absolute Gasteiger partial charge is 0.246 e. The lowest BCUT2D eigenvalue weighted by Gasteiger charge is -2.14. The molecule has 0 saturated heterocycles. The van der Waals surface area contributed by atoms with E-state index in [2.05, 4.69) is 72.8 Å². The summed E-state index contributed by atoms with van der Waals surface area (Å²) in [6.45, 7) is 0.231. The molecule has 0 fully saturated rings. The SMILES string of the molecule is c1ccc(B(c2ccccc2)c2cccc3c2O3)cc1. The zero-order valence-electron chi connectivity index (χ0n) is 11.0. The molecule has 0 radical (unpaired) electrons. The number of benzene rings is 3. The average Bonchev–Trinajstić information content (AvgIpc) is 3.30. The molecule has 0 N–H and O–H groups in total. The summed E-state index contributed by atoms with van der Waals surface area (Å²) in [6.07, 6.45) is 0. The van der Waals surface area contributed by atoms with E-state index >= 15 is 0 Å². The maximum Gasteiger partial charge on any atom is 0.246 e. The van der Waals surface area contributed by atoms with E-state index in [1.165, 1.54) is 16.4 Å².